The van der Waals surface area contributed by atoms with Crippen LogP contribution in [0.3, 0.4) is 0 Å². The summed E-state index contributed by atoms with van der Waals surface area (Å²) >= 11 is 0. The van der Waals surface area contributed by atoms with Crippen LogP contribution in [0.5, 0.6) is 5.75 Å². The maximum absolute atomic E-state index is 11.5. The fraction of sp³-hybridized carbons (Fsp3) is 0.0800. The molecule has 0 radical (unpaired) electrons. The van der Waals surface area contributed by atoms with Crippen molar-refractivity contribution in [3.63, 3.8) is 0 Å². The normalized spacial score (nSPS) is 11.1. The van der Waals surface area contributed by atoms with Crippen molar-refractivity contribution in [1.29, 1.82) is 0 Å². The molecule has 3 heteroatoms. The van der Waals surface area contributed by atoms with Crippen LogP contribution >= 0.6 is 0 Å². The van der Waals surface area contributed by atoms with Gasteiger partial charge in [0, 0.05) is 0 Å². The molecule has 0 aliphatic heterocycles. The van der Waals surface area contributed by atoms with Crippen LogP contribution in [0.1, 0.15) is 32.6 Å². The number of esters is 1. The van der Waals surface area contributed by atoms with E-state index in [1.54, 1.807) is 19.2 Å². The minimum Gasteiger partial charge on any atom is -0.497 e. The minimum atomic E-state index is -0.325. The molecule has 0 heterocycles. The van der Waals surface area contributed by atoms with Crippen LogP contribution in [-0.4, -0.2) is 20.2 Å². The molecule has 0 aliphatic carbocycles. The van der Waals surface area contributed by atoms with Gasteiger partial charge in [-0.15, -0.1) is 0 Å². The first-order chi connectivity index (χ1) is 13.7. The van der Waals surface area contributed by atoms with Crippen LogP contribution in [0.4, 0.5) is 0 Å². The molecule has 140 valence electrons. The second kappa shape index (κ2) is 9.38. The second-order valence-electron chi connectivity index (χ2n) is 6.22. The molecule has 0 atom stereocenters. The third-order valence-electron chi connectivity index (χ3n) is 4.32. The molecule has 3 aromatic rings. The number of hydrogen-bond donors (Lipinski definition) is 0. The van der Waals surface area contributed by atoms with Crippen LogP contribution in [0.15, 0.2) is 72.8 Å². The Morgan fingerprint density at radius 3 is 1.32 bits per heavy atom. The molecule has 3 aromatic carbocycles. The summed E-state index contributed by atoms with van der Waals surface area (Å²) < 4.78 is 9.88. The van der Waals surface area contributed by atoms with E-state index in [0.29, 0.717) is 5.56 Å². The van der Waals surface area contributed by atoms with E-state index < -0.39 is 0 Å². The van der Waals surface area contributed by atoms with Crippen LogP contribution in [-0.2, 0) is 4.74 Å². The van der Waals surface area contributed by atoms with Crippen LogP contribution in [0, 0.1) is 0 Å². The summed E-state index contributed by atoms with van der Waals surface area (Å²) in [5, 5.41) is 0. The molecule has 0 unspecified atom stereocenters. The van der Waals surface area contributed by atoms with E-state index in [0.717, 1.165) is 28.0 Å². The lowest BCUT2D eigenvalue weighted by Crippen LogP contribution is -2.00. The highest BCUT2D eigenvalue weighted by molar-refractivity contribution is 5.89. The molecule has 0 bridgehead atoms. The Bertz CT molecular complexity index is 964. The number of hydrogen-bond acceptors (Lipinski definition) is 3. The van der Waals surface area contributed by atoms with Gasteiger partial charge >= 0.3 is 5.97 Å². The van der Waals surface area contributed by atoms with E-state index in [2.05, 4.69) is 36.4 Å². The first-order valence-corrected chi connectivity index (χ1v) is 8.96. The van der Waals surface area contributed by atoms with E-state index in [4.69, 9.17) is 9.47 Å². The molecular formula is C25H22O3. The summed E-state index contributed by atoms with van der Waals surface area (Å²) in [6.45, 7) is 0. The van der Waals surface area contributed by atoms with Crippen molar-refractivity contribution in [1.82, 2.24) is 0 Å². The minimum absolute atomic E-state index is 0.325. The van der Waals surface area contributed by atoms with Crippen molar-refractivity contribution in [3.8, 4) is 5.75 Å². The fourth-order valence-electron chi connectivity index (χ4n) is 2.67. The van der Waals surface area contributed by atoms with Gasteiger partial charge in [-0.2, -0.15) is 0 Å². The van der Waals surface area contributed by atoms with E-state index >= 15 is 0 Å². The Morgan fingerprint density at radius 1 is 0.607 bits per heavy atom. The molecule has 3 rings (SSSR count). The van der Waals surface area contributed by atoms with Crippen LogP contribution < -0.4 is 4.74 Å². The highest BCUT2D eigenvalue weighted by atomic mass is 16.5. The Kier molecular flexibility index (Phi) is 6.42. The first-order valence-electron chi connectivity index (χ1n) is 8.96. The summed E-state index contributed by atoms with van der Waals surface area (Å²) in [7, 11) is 3.05. The number of methoxy groups -OCH3 is 2. The van der Waals surface area contributed by atoms with E-state index in [1.807, 2.05) is 48.6 Å². The topological polar surface area (TPSA) is 35.5 Å². The highest BCUT2D eigenvalue weighted by Crippen LogP contribution is 2.15. The maximum atomic E-state index is 11.5. The fourth-order valence-corrected chi connectivity index (χ4v) is 2.67. The summed E-state index contributed by atoms with van der Waals surface area (Å²) in [4.78, 5) is 11.5. The summed E-state index contributed by atoms with van der Waals surface area (Å²) in [6.07, 6.45) is 8.22. The van der Waals surface area contributed by atoms with Gasteiger partial charge in [-0.25, -0.2) is 4.79 Å². The van der Waals surface area contributed by atoms with Gasteiger partial charge in [0.25, 0.3) is 0 Å². The van der Waals surface area contributed by atoms with Crippen molar-refractivity contribution in [2.75, 3.05) is 14.2 Å². The van der Waals surface area contributed by atoms with E-state index in [1.165, 1.54) is 7.11 Å². The van der Waals surface area contributed by atoms with Gasteiger partial charge in [0.2, 0.25) is 0 Å². The summed E-state index contributed by atoms with van der Waals surface area (Å²) in [5.41, 5.74) is 4.94. The lowest BCUT2D eigenvalue weighted by Gasteiger charge is -2.00. The lowest BCUT2D eigenvalue weighted by atomic mass is 10.1. The molecule has 0 spiro atoms. The van der Waals surface area contributed by atoms with Gasteiger partial charge in [0.05, 0.1) is 19.8 Å². The number of rotatable bonds is 6. The number of benzene rings is 3. The number of carbonyl (C=O) groups excluding carboxylic acids is 1. The van der Waals surface area contributed by atoms with Crippen molar-refractivity contribution in [2.24, 2.45) is 0 Å². The van der Waals surface area contributed by atoms with Gasteiger partial charge in [0.1, 0.15) is 5.75 Å². The monoisotopic (exact) mass is 370 g/mol. The molecule has 0 saturated carbocycles. The molecule has 0 N–H and O–H groups in total. The zero-order chi connectivity index (χ0) is 19.8. The molecule has 0 fully saturated rings. The van der Waals surface area contributed by atoms with Crippen LogP contribution in [0.2, 0.25) is 0 Å². The third kappa shape index (κ3) is 5.21. The van der Waals surface area contributed by atoms with E-state index in [9.17, 15) is 4.79 Å². The maximum Gasteiger partial charge on any atom is 0.337 e. The van der Waals surface area contributed by atoms with Gasteiger partial charge in [0.15, 0.2) is 0 Å². The third-order valence-corrected chi connectivity index (χ3v) is 4.32. The Morgan fingerprint density at radius 2 is 0.964 bits per heavy atom. The predicted octanol–water partition coefficient (Wildman–Crippen LogP) is 5.82. The standard InChI is InChI=1S/C25H22O3/c1-27-24-17-13-22(14-18-24)10-8-20-5-3-19(4-6-20)7-9-21-11-15-23(16-12-21)25(26)28-2/h3-18H,1-2H3. The number of ether oxygens (including phenoxy) is 2. The van der Waals surface area contributed by atoms with Crippen molar-refractivity contribution < 1.29 is 14.3 Å². The molecule has 0 amide bonds. The molecule has 0 aliphatic rings. The summed E-state index contributed by atoms with van der Waals surface area (Å²) in [6, 6.07) is 23.6. The van der Waals surface area contributed by atoms with Gasteiger partial charge in [-0.3, -0.25) is 0 Å². The largest absolute Gasteiger partial charge is 0.497 e. The molecule has 3 nitrogen and oxygen atoms in total. The highest BCUT2D eigenvalue weighted by Gasteiger charge is 2.03. The van der Waals surface area contributed by atoms with Crippen LogP contribution in [0.25, 0.3) is 24.3 Å². The SMILES string of the molecule is COC(=O)c1ccc(C=Cc2ccc(C=Cc3ccc(OC)cc3)cc2)cc1. The predicted molar refractivity (Wildman–Crippen MR) is 115 cm³/mol. The quantitative estimate of drug-likeness (QED) is 0.405. The number of carbonyl (C=O) groups is 1. The Balaban J connectivity index is 1.62. The molecule has 28 heavy (non-hydrogen) atoms. The zero-order valence-corrected chi connectivity index (χ0v) is 16.0. The average molecular weight is 370 g/mol. The smallest absolute Gasteiger partial charge is 0.337 e. The average Bonchev–Trinajstić information content (AvgIpc) is 2.77. The van der Waals surface area contributed by atoms with Gasteiger partial charge in [-0.1, -0.05) is 72.8 Å². The van der Waals surface area contributed by atoms with E-state index in [-0.39, 0.29) is 5.97 Å². The molecule has 0 saturated heterocycles. The first kappa shape index (κ1) is 19.2. The van der Waals surface area contributed by atoms with Gasteiger partial charge in [-0.05, 0) is 46.5 Å². The van der Waals surface area contributed by atoms with Crippen molar-refractivity contribution in [3.05, 3.63) is 101 Å². The second-order valence-corrected chi connectivity index (χ2v) is 6.22. The summed E-state index contributed by atoms with van der Waals surface area (Å²) in [5.74, 6) is 0.530. The Labute approximate surface area is 165 Å². The lowest BCUT2D eigenvalue weighted by molar-refractivity contribution is 0.0600. The van der Waals surface area contributed by atoms with Gasteiger partial charge < -0.3 is 9.47 Å². The Hall–Kier alpha value is -3.59. The molecular weight excluding hydrogens is 348 g/mol. The van der Waals surface area contributed by atoms with Crippen molar-refractivity contribution >= 4 is 30.3 Å². The molecule has 0 aromatic heterocycles. The zero-order valence-electron chi connectivity index (χ0n) is 16.0. The van der Waals surface area contributed by atoms with Crippen molar-refractivity contribution in [2.45, 2.75) is 0 Å².